The van der Waals surface area contributed by atoms with Crippen molar-refractivity contribution < 1.29 is 19.5 Å². The highest BCUT2D eigenvalue weighted by Crippen LogP contribution is 2.20. The zero-order valence-corrected chi connectivity index (χ0v) is 14.0. The normalized spacial score (nSPS) is 10.8. The van der Waals surface area contributed by atoms with Crippen molar-refractivity contribution in [1.82, 2.24) is 10.6 Å². The van der Waals surface area contributed by atoms with E-state index in [1.54, 1.807) is 6.07 Å². The van der Waals surface area contributed by atoms with Gasteiger partial charge in [-0.15, -0.1) is 0 Å². The van der Waals surface area contributed by atoms with E-state index in [1.807, 2.05) is 20.8 Å². The Morgan fingerprint density at radius 3 is 2.43 bits per heavy atom. The van der Waals surface area contributed by atoms with Crippen LogP contribution in [-0.2, 0) is 4.79 Å². The molecule has 1 aromatic carbocycles. The molecule has 0 spiro atoms. The average Bonchev–Trinajstić information content (AvgIpc) is 2.38. The molecule has 0 radical (unpaired) electrons. The fourth-order valence-corrected chi connectivity index (χ4v) is 1.86. The van der Waals surface area contributed by atoms with Crippen LogP contribution in [-0.4, -0.2) is 35.1 Å². The summed E-state index contributed by atoms with van der Waals surface area (Å²) in [4.78, 5) is 34.3. The molecule has 0 saturated carbocycles. The second kappa shape index (κ2) is 7.82. The topological polar surface area (TPSA) is 108 Å². The zero-order chi connectivity index (χ0) is 17.6. The molecule has 0 aromatic heterocycles. The number of carboxylic acids is 1. The lowest BCUT2D eigenvalue weighted by atomic mass is 10.1. The third-order valence-corrected chi connectivity index (χ3v) is 2.91. The summed E-state index contributed by atoms with van der Waals surface area (Å²) >= 11 is 5.97. The highest BCUT2D eigenvalue weighted by molar-refractivity contribution is 6.34. The number of benzene rings is 1. The van der Waals surface area contributed by atoms with Crippen molar-refractivity contribution in [1.29, 1.82) is 0 Å². The molecule has 0 aliphatic heterocycles. The number of carbonyl (C=O) groups is 3. The number of anilines is 1. The molecule has 7 nitrogen and oxygen atoms in total. The van der Waals surface area contributed by atoms with Gasteiger partial charge in [-0.25, -0.2) is 4.79 Å². The Bertz CT molecular complexity index is 611. The summed E-state index contributed by atoms with van der Waals surface area (Å²) in [5, 5.41) is 16.6. The molecule has 4 N–H and O–H groups in total. The largest absolute Gasteiger partial charge is 0.481 e. The number of rotatable bonds is 5. The summed E-state index contributed by atoms with van der Waals surface area (Å²) in [5.41, 5.74) is 0.165. The number of aliphatic carboxylic acids is 1. The third kappa shape index (κ3) is 7.01. The van der Waals surface area contributed by atoms with Crippen LogP contribution < -0.4 is 16.0 Å². The predicted octanol–water partition coefficient (Wildman–Crippen LogP) is 2.46. The van der Waals surface area contributed by atoms with Gasteiger partial charge in [0.25, 0.3) is 5.91 Å². The fraction of sp³-hybridized carbons (Fsp3) is 0.400. The van der Waals surface area contributed by atoms with E-state index in [0.29, 0.717) is 5.69 Å². The lowest BCUT2D eigenvalue weighted by Gasteiger charge is -2.21. The molecule has 3 amide bonds. The van der Waals surface area contributed by atoms with Gasteiger partial charge in [0.15, 0.2) is 0 Å². The molecule has 0 heterocycles. The first-order chi connectivity index (χ1) is 10.6. The SMILES string of the molecule is CC(C)(C)NC(=O)Nc1ccc(Cl)c(C(=O)NCCC(=O)O)c1. The minimum absolute atomic E-state index is 0.00728. The van der Waals surface area contributed by atoms with E-state index >= 15 is 0 Å². The van der Waals surface area contributed by atoms with Crippen LogP contribution in [0.3, 0.4) is 0 Å². The number of halogens is 1. The molecule has 0 unspecified atom stereocenters. The molecular formula is C15H20ClN3O4. The molecule has 1 rings (SSSR count). The monoisotopic (exact) mass is 341 g/mol. The Morgan fingerprint density at radius 1 is 1.22 bits per heavy atom. The minimum atomic E-state index is -1.01. The van der Waals surface area contributed by atoms with Crippen molar-refractivity contribution in [3.8, 4) is 0 Å². The van der Waals surface area contributed by atoms with Crippen LogP contribution >= 0.6 is 11.6 Å². The van der Waals surface area contributed by atoms with Crippen molar-refractivity contribution in [3.05, 3.63) is 28.8 Å². The number of nitrogens with one attached hydrogen (secondary N) is 3. The predicted molar refractivity (Wildman–Crippen MR) is 87.9 cm³/mol. The molecule has 0 bridgehead atoms. The molecule has 1 aromatic rings. The van der Waals surface area contributed by atoms with Crippen LogP contribution in [0.15, 0.2) is 18.2 Å². The lowest BCUT2D eigenvalue weighted by Crippen LogP contribution is -2.43. The van der Waals surface area contributed by atoms with Crippen molar-refractivity contribution in [3.63, 3.8) is 0 Å². The van der Waals surface area contributed by atoms with Crippen molar-refractivity contribution in [2.75, 3.05) is 11.9 Å². The number of urea groups is 1. The van der Waals surface area contributed by atoms with Crippen LogP contribution in [0.5, 0.6) is 0 Å². The molecule has 0 aliphatic rings. The molecule has 23 heavy (non-hydrogen) atoms. The van der Waals surface area contributed by atoms with E-state index in [9.17, 15) is 14.4 Å². The number of carboxylic acid groups (broad SMARTS) is 1. The first-order valence-electron chi connectivity index (χ1n) is 6.97. The van der Waals surface area contributed by atoms with E-state index in [2.05, 4.69) is 16.0 Å². The van der Waals surface area contributed by atoms with E-state index in [1.165, 1.54) is 12.1 Å². The van der Waals surface area contributed by atoms with Gasteiger partial charge in [0, 0.05) is 17.8 Å². The number of hydrogen-bond acceptors (Lipinski definition) is 3. The summed E-state index contributed by atoms with van der Waals surface area (Å²) in [6, 6.07) is 4.08. The standard InChI is InChI=1S/C15H20ClN3O4/c1-15(2,3)19-14(23)18-9-4-5-11(16)10(8-9)13(22)17-7-6-12(20)21/h4-5,8H,6-7H2,1-3H3,(H,17,22)(H,20,21)(H2,18,19,23). The summed E-state index contributed by atoms with van der Waals surface area (Å²) < 4.78 is 0. The Labute approximate surface area is 139 Å². The van der Waals surface area contributed by atoms with Crippen LogP contribution in [0.25, 0.3) is 0 Å². The van der Waals surface area contributed by atoms with Crippen molar-refractivity contribution in [2.24, 2.45) is 0 Å². The van der Waals surface area contributed by atoms with Gasteiger partial charge in [0.2, 0.25) is 0 Å². The Kier molecular flexibility index (Phi) is 6.38. The van der Waals surface area contributed by atoms with E-state index in [-0.39, 0.29) is 23.6 Å². The quantitative estimate of drug-likeness (QED) is 0.659. The van der Waals surface area contributed by atoms with Gasteiger partial charge in [0.05, 0.1) is 17.0 Å². The Hall–Kier alpha value is -2.28. The Balaban J connectivity index is 2.77. The van der Waals surface area contributed by atoms with Gasteiger partial charge in [-0.1, -0.05) is 11.6 Å². The highest BCUT2D eigenvalue weighted by Gasteiger charge is 2.15. The van der Waals surface area contributed by atoms with Crippen LogP contribution in [0.4, 0.5) is 10.5 Å². The van der Waals surface area contributed by atoms with Gasteiger partial charge >= 0.3 is 12.0 Å². The second-order valence-corrected chi connectivity index (χ2v) is 6.33. The van der Waals surface area contributed by atoms with Crippen molar-refractivity contribution in [2.45, 2.75) is 32.7 Å². The maximum Gasteiger partial charge on any atom is 0.319 e. The Morgan fingerprint density at radius 2 is 1.87 bits per heavy atom. The lowest BCUT2D eigenvalue weighted by molar-refractivity contribution is -0.136. The summed E-state index contributed by atoms with van der Waals surface area (Å²) in [6.07, 6.45) is -0.185. The van der Waals surface area contributed by atoms with Gasteiger partial charge in [0.1, 0.15) is 0 Å². The maximum atomic E-state index is 12.0. The van der Waals surface area contributed by atoms with Crippen LogP contribution in [0, 0.1) is 0 Å². The number of carbonyl (C=O) groups excluding carboxylic acids is 2. The minimum Gasteiger partial charge on any atom is -0.481 e. The fourth-order valence-electron chi connectivity index (χ4n) is 1.66. The van der Waals surface area contributed by atoms with Gasteiger partial charge < -0.3 is 21.1 Å². The zero-order valence-electron chi connectivity index (χ0n) is 13.2. The first kappa shape index (κ1) is 18.8. The summed E-state index contributed by atoms with van der Waals surface area (Å²) in [7, 11) is 0. The molecule has 126 valence electrons. The molecular weight excluding hydrogens is 322 g/mol. The molecule has 0 atom stereocenters. The van der Waals surface area contributed by atoms with Crippen molar-refractivity contribution >= 4 is 35.2 Å². The van der Waals surface area contributed by atoms with Crippen LogP contribution in [0.1, 0.15) is 37.6 Å². The van der Waals surface area contributed by atoms with Crippen LogP contribution in [0.2, 0.25) is 5.02 Å². The average molecular weight is 342 g/mol. The van der Waals surface area contributed by atoms with Gasteiger partial charge in [-0.05, 0) is 39.0 Å². The van der Waals surface area contributed by atoms with Gasteiger partial charge in [-0.3, -0.25) is 9.59 Å². The third-order valence-electron chi connectivity index (χ3n) is 2.58. The molecule has 8 heteroatoms. The summed E-state index contributed by atoms with van der Waals surface area (Å²) in [5.74, 6) is -1.51. The first-order valence-corrected chi connectivity index (χ1v) is 7.35. The van der Waals surface area contributed by atoms with E-state index in [0.717, 1.165) is 0 Å². The maximum absolute atomic E-state index is 12.0. The molecule has 0 fully saturated rings. The molecule has 0 saturated heterocycles. The highest BCUT2D eigenvalue weighted by atomic mass is 35.5. The number of hydrogen-bond donors (Lipinski definition) is 4. The summed E-state index contributed by atoms with van der Waals surface area (Å²) in [6.45, 7) is 5.52. The number of amides is 3. The smallest absolute Gasteiger partial charge is 0.319 e. The second-order valence-electron chi connectivity index (χ2n) is 5.92. The molecule has 0 aliphatic carbocycles. The van der Waals surface area contributed by atoms with E-state index in [4.69, 9.17) is 16.7 Å². The van der Waals surface area contributed by atoms with Gasteiger partial charge in [-0.2, -0.15) is 0 Å². The van der Waals surface area contributed by atoms with E-state index < -0.39 is 23.4 Å².